The zero-order valence-electron chi connectivity index (χ0n) is 8.83. The molecule has 14 heavy (non-hydrogen) atoms. The summed E-state index contributed by atoms with van der Waals surface area (Å²) in [6.07, 6.45) is 0. The molecule has 1 heterocycles. The Balaban J connectivity index is 3.18. The summed E-state index contributed by atoms with van der Waals surface area (Å²) in [6, 6.07) is 0. The maximum absolute atomic E-state index is 10.8. The summed E-state index contributed by atoms with van der Waals surface area (Å²) < 4.78 is 0. The van der Waals surface area contributed by atoms with Crippen molar-refractivity contribution in [1.82, 2.24) is 15.4 Å². The molecule has 5 heteroatoms. The number of hydrogen-bond donors (Lipinski definition) is 2. The lowest BCUT2D eigenvalue weighted by Gasteiger charge is -2.26. The molecule has 0 atom stereocenters. The van der Waals surface area contributed by atoms with Crippen LogP contribution in [0.15, 0.2) is 0 Å². The number of aromatic amines is 1. The molecule has 0 unspecified atom stereocenters. The zero-order chi connectivity index (χ0) is 10.9. The van der Waals surface area contributed by atoms with Gasteiger partial charge in [-0.15, -0.1) is 5.10 Å². The van der Waals surface area contributed by atoms with Crippen LogP contribution in [0, 0.1) is 5.92 Å². The summed E-state index contributed by atoms with van der Waals surface area (Å²) in [6.45, 7) is 7.98. The predicted octanol–water partition coefficient (Wildman–Crippen LogP) is 1.44. The van der Waals surface area contributed by atoms with Crippen molar-refractivity contribution in [1.29, 1.82) is 0 Å². The van der Waals surface area contributed by atoms with E-state index >= 15 is 0 Å². The van der Waals surface area contributed by atoms with E-state index in [2.05, 4.69) is 15.4 Å². The van der Waals surface area contributed by atoms with E-state index in [0.717, 1.165) is 0 Å². The smallest absolute Gasteiger partial charge is 0.358 e. The van der Waals surface area contributed by atoms with E-state index < -0.39 is 5.97 Å². The van der Waals surface area contributed by atoms with Crippen LogP contribution in [-0.2, 0) is 5.41 Å². The molecule has 0 saturated carbocycles. The van der Waals surface area contributed by atoms with Gasteiger partial charge in [-0.25, -0.2) is 4.79 Å². The van der Waals surface area contributed by atoms with Crippen LogP contribution in [0.3, 0.4) is 0 Å². The minimum atomic E-state index is -1.04. The van der Waals surface area contributed by atoms with Crippen LogP contribution in [0.5, 0.6) is 0 Å². The molecular formula is C9H15N3O2. The molecule has 0 radical (unpaired) electrons. The molecule has 0 fully saturated rings. The van der Waals surface area contributed by atoms with Gasteiger partial charge in [0.1, 0.15) is 5.69 Å². The van der Waals surface area contributed by atoms with Gasteiger partial charge in [0, 0.05) is 5.41 Å². The first kappa shape index (κ1) is 10.7. The minimum Gasteiger partial charge on any atom is -0.476 e. The van der Waals surface area contributed by atoms with E-state index in [1.807, 2.05) is 27.7 Å². The van der Waals surface area contributed by atoms with Crippen LogP contribution in [0.4, 0.5) is 0 Å². The number of aromatic carboxylic acids is 1. The number of carbonyl (C=O) groups is 1. The third-order valence-corrected chi connectivity index (χ3v) is 2.80. The maximum atomic E-state index is 10.8. The number of nitrogens with zero attached hydrogens (tertiary/aromatic N) is 2. The van der Waals surface area contributed by atoms with Crippen LogP contribution in [0.25, 0.3) is 0 Å². The summed E-state index contributed by atoms with van der Waals surface area (Å²) in [4.78, 5) is 10.8. The van der Waals surface area contributed by atoms with Gasteiger partial charge in [-0.1, -0.05) is 27.7 Å². The van der Waals surface area contributed by atoms with Gasteiger partial charge in [-0.3, -0.25) is 0 Å². The second-order valence-electron chi connectivity index (χ2n) is 4.20. The number of H-pyrrole nitrogens is 1. The average Bonchev–Trinajstić information content (AvgIpc) is 2.51. The van der Waals surface area contributed by atoms with Gasteiger partial charge in [0.2, 0.25) is 0 Å². The molecule has 78 valence electrons. The topological polar surface area (TPSA) is 78.9 Å². The summed E-state index contributed by atoms with van der Waals surface area (Å²) in [5, 5.41) is 18.8. The number of hydrogen-bond acceptors (Lipinski definition) is 3. The molecule has 1 aromatic heterocycles. The fraction of sp³-hybridized carbons (Fsp3) is 0.667. The van der Waals surface area contributed by atoms with Gasteiger partial charge in [0.25, 0.3) is 0 Å². The average molecular weight is 197 g/mol. The number of carboxylic acids is 1. The summed E-state index contributed by atoms with van der Waals surface area (Å²) in [5.74, 6) is -0.742. The fourth-order valence-corrected chi connectivity index (χ4v) is 1.10. The molecule has 1 aromatic rings. The summed E-state index contributed by atoms with van der Waals surface area (Å²) in [5.41, 5.74) is 0.240. The SMILES string of the molecule is CC(C)C(C)(C)c1n[nH]nc1C(=O)O. The number of nitrogens with one attached hydrogen (secondary N) is 1. The number of carboxylic acid groups (broad SMARTS) is 1. The Morgan fingerprint density at radius 1 is 1.43 bits per heavy atom. The van der Waals surface area contributed by atoms with E-state index in [9.17, 15) is 4.79 Å². The third-order valence-electron chi connectivity index (χ3n) is 2.80. The summed E-state index contributed by atoms with van der Waals surface area (Å²) >= 11 is 0. The minimum absolute atomic E-state index is 0.0173. The highest BCUT2D eigenvalue weighted by Gasteiger charge is 2.32. The van der Waals surface area contributed by atoms with Gasteiger partial charge in [-0.05, 0) is 5.92 Å². The van der Waals surface area contributed by atoms with Gasteiger partial charge >= 0.3 is 5.97 Å². The Kier molecular flexibility index (Phi) is 2.59. The van der Waals surface area contributed by atoms with Gasteiger partial charge in [-0.2, -0.15) is 10.3 Å². The molecule has 0 spiro atoms. The van der Waals surface area contributed by atoms with Crippen LogP contribution >= 0.6 is 0 Å². The van der Waals surface area contributed by atoms with E-state index in [1.165, 1.54) is 0 Å². The van der Waals surface area contributed by atoms with Crippen molar-refractivity contribution >= 4 is 5.97 Å². The highest BCUT2D eigenvalue weighted by Crippen LogP contribution is 2.31. The molecule has 0 aromatic carbocycles. The molecule has 0 bridgehead atoms. The van der Waals surface area contributed by atoms with Crippen molar-refractivity contribution in [2.45, 2.75) is 33.1 Å². The van der Waals surface area contributed by atoms with Crippen LogP contribution in [0.1, 0.15) is 43.9 Å². The highest BCUT2D eigenvalue weighted by molar-refractivity contribution is 5.86. The van der Waals surface area contributed by atoms with Gasteiger partial charge < -0.3 is 5.11 Å². The quantitative estimate of drug-likeness (QED) is 0.768. The largest absolute Gasteiger partial charge is 0.476 e. The molecule has 1 rings (SSSR count). The van der Waals surface area contributed by atoms with Crippen molar-refractivity contribution in [3.63, 3.8) is 0 Å². The standard InChI is InChI=1S/C9H15N3O2/c1-5(2)9(3,4)7-6(8(13)14)10-12-11-7/h5H,1-4H3,(H,13,14)(H,10,11,12). The van der Waals surface area contributed by atoms with Crippen molar-refractivity contribution in [2.24, 2.45) is 5.92 Å². The lowest BCUT2D eigenvalue weighted by molar-refractivity contribution is 0.0686. The molecule has 0 amide bonds. The Bertz CT molecular complexity index is 342. The van der Waals surface area contributed by atoms with E-state index in [0.29, 0.717) is 11.6 Å². The Morgan fingerprint density at radius 2 is 2.00 bits per heavy atom. The third kappa shape index (κ3) is 1.62. The first-order valence-electron chi connectivity index (χ1n) is 4.52. The predicted molar refractivity (Wildman–Crippen MR) is 51.2 cm³/mol. The maximum Gasteiger partial charge on any atom is 0.358 e. The normalized spacial score (nSPS) is 12.1. The van der Waals surface area contributed by atoms with Crippen molar-refractivity contribution in [3.8, 4) is 0 Å². The molecule has 0 aliphatic rings. The monoisotopic (exact) mass is 197 g/mol. The molecule has 0 saturated heterocycles. The zero-order valence-corrected chi connectivity index (χ0v) is 8.83. The van der Waals surface area contributed by atoms with Crippen molar-refractivity contribution < 1.29 is 9.90 Å². The highest BCUT2D eigenvalue weighted by atomic mass is 16.4. The Morgan fingerprint density at radius 3 is 2.43 bits per heavy atom. The lowest BCUT2D eigenvalue weighted by atomic mass is 9.77. The summed E-state index contributed by atoms with van der Waals surface area (Å²) in [7, 11) is 0. The number of rotatable bonds is 3. The van der Waals surface area contributed by atoms with E-state index in [1.54, 1.807) is 0 Å². The van der Waals surface area contributed by atoms with Crippen molar-refractivity contribution in [2.75, 3.05) is 0 Å². The first-order valence-corrected chi connectivity index (χ1v) is 4.52. The van der Waals surface area contributed by atoms with Crippen LogP contribution in [-0.4, -0.2) is 26.5 Å². The first-order chi connectivity index (χ1) is 6.37. The second-order valence-corrected chi connectivity index (χ2v) is 4.20. The van der Waals surface area contributed by atoms with Gasteiger partial charge in [0.05, 0.1) is 0 Å². The molecule has 0 aliphatic heterocycles. The van der Waals surface area contributed by atoms with Gasteiger partial charge in [0.15, 0.2) is 5.69 Å². The molecular weight excluding hydrogens is 182 g/mol. The lowest BCUT2D eigenvalue weighted by Crippen LogP contribution is -2.27. The Hall–Kier alpha value is -1.39. The van der Waals surface area contributed by atoms with Crippen LogP contribution in [0.2, 0.25) is 0 Å². The fourth-order valence-electron chi connectivity index (χ4n) is 1.10. The van der Waals surface area contributed by atoms with Crippen molar-refractivity contribution in [3.05, 3.63) is 11.4 Å². The van der Waals surface area contributed by atoms with E-state index in [-0.39, 0.29) is 11.1 Å². The number of aromatic nitrogens is 3. The molecule has 2 N–H and O–H groups in total. The van der Waals surface area contributed by atoms with Crippen LogP contribution < -0.4 is 0 Å². The Labute approximate surface area is 82.5 Å². The van der Waals surface area contributed by atoms with E-state index in [4.69, 9.17) is 5.11 Å². The molecule has 0 aliphatic carbocycles. The second kappa shape index (κ2) is 3.40. The molecule has 5 nitrogen and oxygen atoms in total.